The fraction of sp³-hybridized carbons (Fsp3) is 0.541. The molecule has 1 unspecified atom stereocenters. The van der Waals surface area contributed by atoms with Gasteiger partial charge in [-0.1, -0.05) is 56.4 Å². The number of methoxy groups -OCH3 is 1. The Hall–Kier alpha value is -4.01. The van der Waals surface area contributed by atoms with Crippen molar-refractivity contribution in [3.05, 3.63) is 65.8 Å². The molecule has 2 aliphatic rings. The van der Waals surface area contributed by atoms with Crippen molar-refractivity contribution < 1.29 is 38.2 Å². The van der Waals surface area contributed by atoms with Crippen LogP contribution in [-0.4, -0.2) is 66.9 Å². The molecule has 1 saturated heterocycles. The molecule has 250 valence electrons. The molecule has 1 fully saturated rings. The van der Waals surface area contributed by atoms with E-state index in [1.54, 1.807) is 19.9 Å². The van der Waals surface area contributed by atoms with Gasteiger partial charge in [0.25, 0.3) is 0 Å². The Morgan fingerprint density at radius 2 is 1.83 bits per heavy atom. The standard InChI is InChI=1S/C37H49NO8/c1-8-10-16-37(5,6)23-45-33(40)20-27(14-15-29(39)17-24(3)4)34(41)38-22-30(21-32(38)36(43)44-7)46-35(42)28-18-26-13-11-12-25(9-2)31(26)19-28/h8-9,11-13,17,27-28,30,32H,1-2,10,14-16,18-23H2,3-7H3/t27-,28?,30-,32+/m1/s1. The SMILES string of the molecule is C=CCCC(C)(C)COC(=O)C[C@@H](CCC(=O)C=C(C)C)C(=O)N1C[C@H](OC(=O)C2Cc3cccc(C=C)c3C2)C[C@H]1C(=O)OC. The van der Waals surface area contributed by atoms with Crippen LogP contribution in [0.4, 0.5) is 0 Å². The van der Waals surface area contributed by atoms with Gasteiger partial charge in [-0.2, -0.15) is 0 Å². The molecule has 0 saturated carbocycles. The normalized spacial score (nSPS) is 19.4. The third-order valence-electron chi connectivity index (χ3n) is 8.68. The van der Waals surface area contributed by atoms with Gasteiger partial charge in [-0.25, -0.2) is 4.79 Å². The molecule has 0 bridgehead atoms. The van der Waals surface area contributed by atoms with Crippen LogP contribution in [0.25, 0.3) is 6.08 Å². The van der Waals surface area contributed by atoms with Crippen molar-refractivity contribution in [2.45, 2.75) is 91.2 Å². The van der Waals surface area contributed by atoms with Gasteiger partial charge in [-0.15, -0.1) is 6.58 Å². The van der Waals surface area contributed by atoms with Crippen LogP contribution in [0, 0.1) is 17.3 Å². The van der Waals surface area contributed by atoms with Crippen molar-refractivity contribution >= 4 is 35.7 Å². The van der Waals surface area contributed by atoms with Crippen molar-refractivity contribution in [2.75, 3.05) is 20.3 Å². The molecule has 1 heterocycles. The first-order chi connectivity index (χ1) is 21.8. The average Bonchev–Trinajstić information content (AvgIpc) is 3.65. The highest BCUT2D eigenvalue weighted by Crippen LogP contribution is 2.33. The number of carbonyl (C=O) groups excluding carboxylic acids is 5. The molecule has 0 aromatic heterocycles. The van der Waals surface area contributed by atoms with Gasteiger partial charge in [0.1, 0.15) is 12.1 Å². The third-order valence-corrected chi connectivity index (χ3v) is 8.68. The summed E-state index contributed by atoms with van der Waals surface area (Å²) in [6, 6.07) is 4.90. The van der Waals surface area contributed by atoms with E-state index in [4.69, 9.17) is 14.2 Å². The Bertz CT molecular complexity index is 1350. The summed E-state index contributed by atoms with van der Waals surface area (Å²) in [5, 5.41) is 0. The number of ketones is 1. The molecule has 9 nitrogen and oxygen atoms in total. The molecule has 1 aromatic rings. The number of esters is 3. The summed E-state index contributed by atoms with van der Waals surface area (Å²) in [6.07, 6.45) is 6.95. The molecule has 46 heavy (non-hydrogen) atoms. The van der Waals surface area contributed by atoms with E-state index in [0.717, 1.165) is 35.1 Å². The lowest BCUT2D eigenvalue weighted by molar-refractivity contribution is -0.155. The summed E-state index contributed by atoms with van der Waals surface area (Å²) in [7, 11) is 1.23. The van der Waals surface area contributed by atoms with Crippen LogP contribution in [0.15, 0.2) is 49.1 Å². The van der Waals surface area contributed by atoms with Crippen LogP contribution in [0.3, 0.4) is 0 Å². The zero-order valence-electron chi connectivity index (χ0n) is 28.0. The zero-order chi connectivity index (χ0) is 34.0. The fourth-order valence-electron chi connectivity index (χ4n) is 6.14. The molecular weight excluding hydrogens is 586 g/mol. The lowest BCUT2D eigenvalue weighted by atomic mass is 9.89. The molecule has 1 aromatic carbocycles. The summed E-state index contributed by atoms with van der Waals surface area (Å²) in [4.78, 5) is 67.0. The Labute approximate surface area is 273 Å². The second-order valence-corrected chi connectivity index (χ2v) is 13.4. The first-order valence-corrected chi connectivity index (χ1v) is 16.0. The second kappa shape index (κ2) is 16.5. The predicted molar refractivity (Wildman–Crippen MR) is 175 cm³/mol. The minimum absolute atomic E-state index is 0.0238. The molecule has 3 rings (SSSR count). The van der Waals surface area contributed by atoms with Gasteiger partial charge in [0.15, 0.2) is 5.78 Å². The zero-order valence-corrected chi connectivity index (χ0v) is 28.0. The van der Waals surface area contributed by atoms with Gasteiger partial charge in [0.2, 0.25) is 5.91 Å². The number of benzene rings is 1. The average molecular weight is 636 g/mol. The van der Waals surface area contributed by atoms with E-state index in [-0.39, 0.29) is 61.9 Å². The molecule has 0 spiro atoms. The quantitative estimate of drug-likeness (QED) is 0.1000. The molecular formula is C37H49NO8. The van der Waals surface area contributed by atoms with Crippen LogP contribution in [0.1, 0.15) is 82.9 Å². The lowest BCUT2D eigenvalue weighted by Gasteiger charge is -2.28. The molecule has 1 amide bonds. The second-order valence-electron chi connectivity index (χ2n) is 13.4. The summed E-state index contributed by atoms with van der Waals surface area (Å²) in [5.41, 5.74) is 3.70. The van der Waals surface area contributed by atoms with E-state index >= 15 is 0 Å². The van der Waals surface area contributed by atoms with E-state index in [2.05, 4.69) is 13.2 Å². The van der Waals surface area contributed by atoms with Gasteiger partial charge in [-0.3, -0.25) is 19.2 Å². The number of carbonyl (C=O) groups is 5. The van der Waals surface area contributed by atoms with Crippen LogP contribution in [0.5, 0.6) is 0 Å². The number of amides is 1. The van der Waals surface area contributed by atoms with Crippen LogP contribution in [-0.2, 0) is 51.0 Å². The van der Waals surface area contributed by atoms with Crippen molar-refractivity contribution in [3.8, 4) is 0 Å². The van der Waals surface area contributed by atoms with E-state index in [1.165, 1.54) is 18.1 Å². The maximum Gasteiger partial charge on any atom is 0.328 e. The van der Waals surface area contributed by atoms with Gasteiger partial charge in [-0.05, 0) is 74.1 Å². The summed E-state index contributed by atoms with van der Waals surface area (Å²) in [6.45, 7) is 15.3. The minimum Gasteiger partial charge on any atom is -0.467 e. The highest BCUT2D eigenvalue weighted by Gasteiger charge is 2.45. The number of nitrogens with zero attached hydrogens (tertiary/aromatic N) is 1. The van der Waals surface area contributed by atoms with E-state index in [1.807, 2.05) is 38.1 Å². The van der Waals surface area contributed by atoms with Crippen LogP contribution >= 0.6 is 0 Å². The number of fused-ring (bicyclic) bond motifs is 1. The molecule has 0 N–H and O–H groups in total. The topological polar surface area (TPSA) is 116 Å². The van der Waals surface area contributed by atoms with Crippen molar-refractivity contribution in [3.63, 3.8) is 0 Å². The number of rotatable bonds is 16. The predicted octanol–water partition coefficient (Wildman–Crippen LogP) is 5.59. The van der Waals surface area contributed by atoms with E-state index in [0.29, 0.717) is 12.8 Å². The fourth-order valence-corrected chi connectivity index (χ4v) is 6.14. The third kappa shape index (κ3) is 9.99. The summed E-state index contributed by atoms with van der Waals surface area (Å²) < 4.78 is 16.5. The largest absolute Gasteiger partial charge is 0.467 e. The Morgan fingerprint density at radius 3 is 2.48 bits per heavy atom. The van der Waals surface area contributed by atoms with Gasteiger partial charge in [0.05, 0.1) is 32.6 Å². The number of hydrogen-bond acceptors (Lipinski definition) is 8. The molecule has 1 aliphatic heterocycles. The van der Waals surface area contributed by atoms with Crippen molar-refractivity contribution in [2.24, 2.45) is 17.3 Å². The highest BCUT2D eigenvalue weighted by atomic mass is 16.6. The molecule has 4 atom stereocenters. The molecule has 0 radical (unpaired) electrons. The van der Waals surface area contributed by atoms with E-state index < -0.39 is 35.9 Å². The molecule has 9 heteroatoms. The number of allylic oxidation sites excluding steroid dienone is 3. The number of ether oxygens (including phenoxy) is 3. The maximum atomic E-state index is 14.0. The maximum absolute atomic E-state index is 14.0. The minimum atomic E-state index is -0.992. The number of likely N-dealkylation sites (tertiary alicyclic amines) is 1. The van der Waals surface area contributed by atoms with Crippen molar-refractivity contribution in [1.29, 1.82) is 0 Å². The van der Waals surface area contributed by atoms with Crippen molar-refractivity contribution in [1.82, 2.24) is 4.90 Å². The summed E-state index contributed by atoms with van der Waals surface area (Å²) >= 11 is 0. The van der Waals surface area contributed by atoms with Gasteiger partial charge >= 0.3 is 17.9 Å². The molecule has 1 aliphatic carbocycles. The van der Waals surface area contributed by atoms with E-state index in [9.17, 15) is 24.0 Å². The Morgan fingerprint density at radius 1 is 1.09 bits per heavy atom. The first kappa shape index (κ1) is 36.5. The first-order valence-electron chi connectivity index (χ1n) is 16.0. The summed E-state index contributed by atoms with van der Waals surface area (Å²) in [5.74, 6) is -3.52. The van der Waals surface area contributed by atoms with Gasteiger partial charge in [0, 0.05) is 18.8 Å². The van der Waals surface area contributed by atoms with Crippen LogP contribution < -0.4 is 0 Å². The lowest BCUT2D eigenvalue weighted by Crippen LogP contribution is -2.45. The Balaban J connectivity index is 1.74. The van der Waals surface area contributed by atoms with Gasteiger partial charge < -0.3 is 19.1 Å². The highest BCUT2D eigenvalue weighted by molar-refractivity contribution is 5.92. The number of hydrogen-bond donors (Lipinski definition) is 0. The smallest absolute Gasteiger partial charge is 0.328 e. The monoisotopic (exact) mass is 635 g/mol. The van der Waals surface area contributed by atoms with Crippen LogP contribution in [0.2, 0.25) is 0 Å². The Kier molecular flexibility index (Phi) is 13.1.